The molecular formula is C20H19N5O2. The minimum absolute atomic E-state index is 0.387. The van der Waals surface area contributed by atoms with Gasteiger partial charge in [-0.1, -0.05) is 12.1 Å². The Morgan fingerprint density at radius 1 is 1.11 bits per heavy atom. The largest absolute Gasteiger partial charge is 0.364 e. The van der Waals surface area contributed by atoms with Crippen molar-refractivity contribution >= 4 is 0 Å². The molecule has 0 saturated carbocycles. The molecule has 0 bridgehead atoms. The summed E-state index contributed by atoms with van der Waals surface area (Å²) >= 11 is 0. The number of rotatable bonds is 5. The highest BCUT2D eigenvalue weighted by Crippen LogP contribution is 2.25. The van der Waals surface area contributed by atoms with E-state index in [4.69, 9.17) is 0 Å². The van der Waals surface area contributed by atoms with Crippen LogP contribution >= 0.6 is 0 Å². The first-order valence-electron chi connectivity index (χ1n) is 8.71. The van der Waals surface area contributed by atoms with E-state index in [2.05, 4.69) is 27.0 Å². The van der Waals surface area contributed by atoms with Crippen LogP contribution in [0.3, 0.4) is 0 Å². The molecule has 7 heteroatoms. The minimum atomic E-state index is -1.52. The summed E-state index contributed by atoms with van der Waals surface area (Å²) in [4.78, 5) is 10.9. The Kier molecular flexibility index (Phi) is 4.69. The summed E-state index contributed by atoms with van der Waals surface area (Å²) in [5.41, 5.74) is 4.80. The summed E-state index contributed by atoms with van der Waals surface area (Å²) in [7, 11) is 0. The maximum absolute atomic E-state index is 9.29. The van der Waals surface area contributed by atoms with E-state index in [1.165, 1.54) is 11.8 Å². The number of nitriles is 1. The lowest BCUT2D eigenvalue weighted by atomic mass is 10.1. The summed E-state index contributed by atoms with van der Waals surface area (Å²) in [5, 5.41) is 27.8. The number of fused-ring (bicyclic) bond motifs is 1. The quantitative estimate of drug-likeness (QED) is 0.673. The lowest BCUT2D eigenvalue weighted by molar-refractivity contribution is -0.0425. The number of imidazole rings is 1. The number of hydrogen-bond donors (Lipinski definition) is 2. The first-order chi connectivity index (χ1) is 13.1. The van der Waals surface area contributed by atoms with E-state index < -0.39 is 6.29 Å². The van der Waals surface area contributed by atoms with Gasteiger partial charge in [0.1, 0.15) is 5.69 Å². The second kappa shape index (κ2) is 7.29. The molecule has 3 heterocycles. The normalized spacial score (nSPS) is 13.7. The Balaban J connectivity index is 1.41. The molecule has 3 aromatic rings. The van der Waals surface area contributed by atoms with Gasteiger partial charge in [-0.15, -0.1) is 0 Å². The van der Waals surface area contributed by atoms with Gasteiger partial charge < -0.3 is 14.8 Å². The predicted octanol–water partition coefficient (Wildman–Crippen LogP) is 1.82. The predicted molar refractivity (Wildman–Crippen MR) is 97.9 cm³/mol. The summed E-state index contributed by atoms with van der Waals surface area (Å²) in [6.45, 7) is 3.26. The molecule has 4 rings (SSSR count). The number of aliphatic hydroxyl groups excluding tert-OH is 1. The fourth-order valence-electron chi connectivity index (χ4n) is 3.37. The molecule has 2 aromatic heterocycles. The van der Waals surface area contributed by atoms with E-state index >= 15 is 0 Å². The van der Waals surface area contributed by atoms with Gasteiger partial charge in [-0.2, -0.15) is 5.26 Å². The smallest absolute Gasteiger partial charge is 0.178 e. The Bertz CT molecular complexity index is 1010. The molecule has 0 aliphatic carbocycles. The summed E-state index contributed by atoms with van der Waals surface area (Å²) < 4.78 is 1.99. The summed E-state index contributed by atoms with van der Waals surface area (Å²) in [6, 6.07) is 11.3. The molecular weight excluding hydrogens is 342 g/mol. The van der Waals surface area contributed by atoms with Crippen molar-refractivity contribution in [3.63, 3.8) is 0 Å². The number of benzene rings is 1. The molecule has 0 fully saturated rings. The van der Waals surface area contributed by atoms with Crippen LogP contribution in [-0.4, -0.2) is 36.2 Å². The van der Waals surface area contributed by atoms with Crippen molar-refractivity contribution in [2.24, 2.45) is 0 Å². The van der Waals surface area contributed by atoms with Gasteiger partial charge in [-0.3, -0.25) is 9.88 Å². The van der Waals surface area contributed by atoms with Crippen LogP contribution in [0.25, 0.3) is 11.4 Å². The van der Waals surface area contributed by atoms with Gasteiger partial charge in [0.2, 0.25) is 0 Å². The average molecular weight is 361 g/mol. The van der Waals surface area contributed by atoms with Crippen molar-refractivity contribution in [2.75, 3.05) is 6.54 Å². The SMILES string of the molecule is N#Cc1cccc2c1CN(CCn1cnc(-c3cc(C(O)O)ccn3)c1)C2. The van der Waals surface area contributed by atoms with Gasteiger partial charge >= 0.3 is 0 Å². The third kappa shape index (κ3) is 3.59. The van der Waals surface area contributed by atoms with Gasteiger partial charge in [-0.25, -0.2) is 4.98 Å². The average Bonchev–Trinajstić information content (AvgIpc) is 3.32. The maximum Gasteiger partial charge on any atom is 0.178 e. The highest BCUT2D eigenvalue weighted by molar-refractivity contribution is 5.53. The van der Waals surface area contributed by atoms with Crippen LogP contribution in [0.2, 0.25) is 0 Å². The summed E-state index contributed by atoms with van der Waals surface area (Å²) in [5.74, 6) is 0. The molecule has 1 aromatic carbocycles. The second-order valence-corrected chi connectivity index (χ2v) is 6.61. The van der Waals surface area contributed by atoms with E-state index in [1.807, 2.05) is 22.9 Å². The standard InChI is InChI=1S/C20H19N5O2/c21-9-15-2-1-3-16-10-24(11-17(15)16)6-7-25-12-19(23-13-25)18-8-14(20(26)27)4-5-22-18/h1-5,8,12-13,20,26-27H,6-7,10-11H2. The van der Waals surface area contributed by atoms with E-state index in [0.717, 1.165) is 37.3 Å². The fourth-order valence-corrected chi connectivity index (χ4v) is 3.37. The molecule has 136 valence electrons. The minimum Gasteiger partial charge on any atom is -0.364 e. The van der Waals surface area contributed by atoms with Gasteiger partial charge in [-0.05, 0) is 29.3 Å². The Labute approximate surface area is 156 Å². The van der Waals surface area contributed by atoms with Crippen molar-refractivity contribution in [3.05, 3.63) is 71.3 Å². The van der Waals surface area contributed by atoms with Crippen molar-refractivity contribution < 1.29 is 10.2 Å². The number of nitrogens with zero attached hydrogens (tertiary/aromatic N) is 5. The Morgan fingerprint density at radius 3 is 2.81 bits per heavy atom. The van der Waals surface area contributed by atoms with Gasteiger partial charge in [0, 0.05) is 44.1 Å². The molecule has 27 heavy (non-hydrogen) atoms. The van der Waals surface area contributed by atoms with Crippen molar-refractivity contribution in [1.82, 2.24) is 19.4 Å². The van der Waals surface area contributed by atoms with E-state index in [-0.39, 0.29) is 0 Å². The lowest BCUT2D eigenvalue weighted by Crippen LogP contribution is -2.21. The van der Waals surface area contributed by atoms with Gasteiger partial charge in [0.15, 0.2) is 6.29 Å². The molecule has 1 aliphatic heterocycles. The fraction of sp³-hybridized carbons (Fsp3) is 0.250. The van der Waals surface area contributed by atoms with Crippen LogP contribution in [0.15, 0.2) is 49.1 Å². The number of aromatic nitrogens is 3. The highest BCUT2D eigenvalue weighted by Gasteiger charge is 2.21. The van der Waals surface area contributed by atoms with E-state index in [1.54, 1.807) is 18.5 Å². The van der Waals surface area contributed by atoms with E-state index in [9.17, 15) is 15.5 Å². The molecule has 0 spiro atoms. The van der Waals surface area contributed by atoms with E-state index in [0.29, 0.717) is 17.0 Å². The molecule has 0 saturated heterocycles. The third-order valence-electron chi connectivity index (χ3n) is 4.82. The monoisotopic (exact) mass is 361 g/mol. The first kappa shape index (κ1) is 17.4. The molecule has 0 unspecified atom stereocenters. The van der Waals surface area contributed by atoms with Crippen LogP contribution in [0.1, 0.15) is 28.5 Å². The van der Waals surface area contributed by atoms with Gasteiger partial charge in [0.25, 0.3) is 0 Å². The third-order valence-corrected chi connectivity index (χ3v) is 4.82. The maximum atomic E-state index is 9.29. The Morgan fingerprint density at radius 2 is 2.00 bits per heavy atom. The van der Waals surface area contributed by atoms with Gasteiger partial charge in [0.05, 0.1) is 23.7 Å². The number of hydrogen-bond acceptors (Lipinski definition) is 6. The topological polar surface area (TPSA) is 98.2 Å². The zero-order chi connectivity index (χ0) is 18.8. The summed E-state index contributed by atoms with van der Waals surface area (Å²) in [6.07, 6.45) is 3.67. The zero-order valence-electron chi connectivity index (χ0n) is 14.7. The molecule has 0 atom stereocenters. The Hall–Kier alpha value is -3.05. The number of aliphatic hydroxyl groups is 2. The zero-order valence-corrected chi connectivity index (χ0v) is 14.7. The number of pyridine rings is 1. The van der Waals surface area contributed by atoms with Crippen LogP contribution in [0.4, 0.5) is 0 Å². The van der Waals surface area contributed by atoms with Crippen molar-refractivity contribution in [2.45, 2.75) is 25.9 Å². The second-order valence-electron chi connectivity index (χ2n) is 6.61. The molecule has 1 aliphatic rings. The van der Waals surface area contributed by atoms with Crippen LogP contribution < -0.4 is 0 Å². The van der Waals surface area contributed by atoms with Crippen molar-refractivity contribution in [3.8, 4) is 17.5 Å². The lowest BCUT2D eigenvalue weighted by Gasteiger charge is -2.14. The molecule has 0 amide bonds. The van der Waals surface area contributed by atoms with Crippen LogP contribution in [0.5, 0.6) is 0 Å². The van der Waals surface area contributed by atoms with Crippen LogP contribution in [0, 0.1) is 11.3 Å². The van der Waals surface area contributed by atoms with Crippen molar-refractivity contribution in [1.29, 1.82) is 5.26 Å². The first-order valence-corrected chi connectivity index (χ1v) is 8.71. The van der Waals surface area contributed by atoms with Crippen LogP contribution in [-0.2, 0) is 19.6 Å². The molecule has 7 nitrogen and oxygen atoms in total. The molecule has 2 N–H and O–H groups in total. The highest BCUT2D eigenvalue weighted by atomic mass is 16.5. The molecule has 0 radical (unpaired) electrons.